The minimum absolute atomic E-state index is 0.357. The molecule has 1 N–H and O–H groups in total. The standard InChI is InChI=1S/C12H15ClN4/c1-17-4-2-3-10(8-17)15-12-6-9(7-14)5-11(13)16-12/h5-6,10H,2-4,8H2,1H3,(H,15,16). The Kier molecular flexibility index (Phi) is 3.82. The number of hydrogen-bond acceptors (Lipinski definition) is 4. The first kappa shape index (κ1) is 12.2. The van der Waals surface area contributed by atoms with Crippen molar-refractivity contribution in [1.82, 2.24) is 9.88 Å². The molecule has 1 unspecified atom stereocenters. The number of pyridine rings is 1. The van der Waals surface area contributed by atoms with E-state index in [9.17, 15) is 0 Å². The van der Waals surface area contributed by atoms with Crippen molar-refractivity contribution in [3.8, 4) is 6.07 Å². The number of likely N-dealkylation sites (tertiary alicyclic amines) is 1. The lowest BCUT2D eigenvalue weighted by Crippen LogP contribution is -2.39. The van der Waals surface area contributed by atoms with Crippen LogP contribution >= 0.6 is 11.6 Å². The molecule has 90 valence electrons. The van der Waals surface area contributed by atoms with E-state index in [2.05, 4.69) is 28.3 Å². The molecular formula is C12H15ClN4. The summed E-state index contributed by atoms with van der Waals surface area (Å²) in [5, 5.41) is 12.6. The summed E-state index contributed by atoms with van der Waals surface area (Å²) in [6.07, 6.45) is 2.31. The highest BCUT2D eigenvalue weighted by Gasteiger charge is 2.17. The maximum Gasteiger partial charge on any atom is 0.132 e. The van der Waals surface area contributed by atoms with Crippen molar-refractivity contribution >= 4 is 17.4 Å². The van der Waals surface area contributed by atoms with Crippen LogP contribution in [0.2, 0.25) is 5.15 Å². The van der Waals surface area contributed by atoms with Gasteiger partial charge in [-0.05, 0) is 38.6 Å². The molecule has 0 saturated carbocycles. The van der Waals surface area contributed by atoms with Crippen LogP contribution in [-0.2, 0) is 0 Å². The van der Waals surface area contributed by atoms with Crippen LogP contribution in [0.4, 0.5) is 5.82 Å². The fourth-order valence-electron chi connectivity index (χ4n) is 2.13. The van der Waals surface area contributed by atoms with Gasteiger partial charge in [0.2, 0.25) is 0 Å². The van der Waals surface area contributed by atoms with Gasteiger partial charge in [-0.2, -0.15) is 5.26 Å². The number of nitrogens with one attached hydrogen (secondary N) is 1. The highest BCUT2D eigenvalue weighted by atomic mass is 35.5. The molecule has 1 aromatic rings. The van der Waals surface area contributed by atoms with Gasteiger partial charge in [0.15, 0.2) is 0 Å². The Balaban J connectivity index is 2.07. The van der Waals surface area contributed by atoms with Crippen molar-refractivity contribution in [2.75, 3.05) is 25.5 Å². The van der Waals surface area contributed by atoms with E-state index in [0.717, 1.165) is 19.5 Å². The largest absolute Gasteiger partial charge is 0.366 e. The Morgan fingerprint density at radius 1 is 1.59 bits per heavy atom. The molecule has 0 aromatic carbocycles. The molecule has 0 bridgehead atoms. The zero-order valence-electron chi connectivity index (χ0n) is 9.78. The first-order valence-electron chi connectivity index (χ1n) is 5.70. The minimum Gasteiger partial charge on any atom is -0.366 e. The predicted molar refractivity (Wildman–Crippen MR) is 68.1 cm³/mol. The van der Waals surface area contributed by atoms with Crippen LogP contribution in [0.15, 0.2) is 12.1 Å². The third kappa shape index (κ3) is 3.32. The van der Waals surface area contributed by atoms with Crippen LogP contribution in [0.5, 0.6) is 0 Å². The fourth-order valence-corrected chi connectivity index (χ4v) is 2.34. The van der Waals surface area contributed by atoms with Gasteiger partial charge in [0.25, 0.3) is 0 Å². The van der Waals surface area contributed by atoms with E-state index in [0.29, 0.717) is 22.6 Å². The number of hydrogen-bond donors (Lipinski definition) is 1. The van der Waals surface area contributed by atoms with Crippen molar-refractivity contribution in [3.63, 3.8) is 0 Å². The van der Waals surface area contributed by atoms with Crippen molar-refractivity contribution in [1.29, 1.82) is 5.26 Å². The molecule has 1 fully saturated rings. The second-order valence-electron chi connectivity index (χ2n) is 4.42. The zero-order valence-corrected chi connectivity index (χ0v) is 10.5. The lowest BCUT2D eigenvalue weighted by atomic mass is 10.1. The number of piperidine rings is 1. The molecule has 0 spiro atoms. The van der Waals surface area contributed by atoms with Gasteiger partial charge >= 0.3 is 0 Å². The Morgan fingerprint density at radius 2 is 2.41 bits per heavy atom. The number of likely N-dealkylation sites (N-methyl/N-ethyl adjacent to an activating group) is 1. The normalized spacial score (nSPS) is 20.9. The maximum atomic E-state index is 8.86. The topological polar surface area (TPSA) is 52.0 Å². The summed E-state index contributed by atoms with van der Waals surface area (Å²) >= 11 is 5.86. The van der Waals surface area contributed by atoms with Crippen molar-refractivity contribution in [2.45, 2.75) is 18.9 Å². The van der Waals surface area contributed by atoms with Crippen LogP contribution in [0.1, 0.15) is 18.4 Å². The molecule has 2 rings (SSSR count). The summed E-state index contributed by atoms with van der Waals surface area (Å²) in [4.78, 5) is 6.47. The molecule has 2 heterocycles. The van der Waals surface area contributed by atoms with E-state index in [1.54, 1.807) is 12.1 Å². The number of nitrogens with zero attached hydrogens (tertiary/aromatic N) is 3. The Hall–Kier alpha value is -1.31. The molecular weight excluding hydrogens is 236 g/mol. The monoisotopic (exact) mass is 250 g/mol. The molecule has 1 aliphatic rings. The lowest BCUT2D eigenvalue weighted by molar-refractivity contribution is 0.261. The summed E-state index contributed by atoms with van der Waals surface area (Å²) in [6, 6.07) is 5.77. The van der Waals surface area contributed by atoms with Crippen LogP contribution in [0.3, 0.4) is 0 Å². The number of halogens is 1. The van der Waals surface area contributed by atoms with Gasteiger partial charge < -0.3 is 10.2 Å². The molecule has 1 aromatic heterocycles. The van der Waals surface area contributed by atoms with Crippen LogP contribution in [0, 0.1) is 11.3 Å². The average Bonchev–Trinajstić information content (AvgIpc) is 2.28. The molecule has 0 aliphatic carbocycles. The quantitative estimate of drug-likeness (QED) is 0.817. The Labute approximate surface area is 106 Å². The van der Waals surface area contributed by atoms with E-state index in [1.165, 1.54) is 6.42 Å². The Morgan fingerprint density at radius 3 is 3.12 bits per heavy atom. The fraction of sp³-hybridized carbons (Fsp3) is 0.500. The number of nitriles is 1. The van der Waals surface area contributed by atoms with E-state index < -0.39 is 0 Å². The second-order valence-corrected chi connectivity index (χ2v) is 4.81. The van der Waals surface area contributed by atoms with Crippen molar-refractivity contribution in [2.24, 2.45) is 0 Å². The highest BCUT2D eigenvalue weighted by Crippen LogP contribution is 2.17. The second kappa shape index (κ2) is 5.35. The average molecular weight is 251 g/mol. The molecule has 0 radical (unpaired) electrons. The molecule has 0 amide bonds. The van der Waals surface area contributed by atoms with Gasteiger partial charge in [-0.25, -0.2) is 4.98 Å². The van der Waals surface area contributed by atoms with E-state index in [-0.39, 0.29) is 0 Å². The summed E-state index contributed by atoms with van der Waals surface area (Å²) in [5.74, 6) is 0.689. The van der Waals surface area contributed by atoms with Gasteiger partial charge in [-0.1, -0.05) is 11.6 Å². The lowest BCUT2D eigenvalue weighted by Gasteiger charge is -2.30. The van der Waals surface area contributed by atoms with Gasteiger partial charge in [0.1, 0.15) is 11.0 Å². The summed E-state index contributed by atoms with van der Waals surface area (Å²) in [7, 11) is 2.11. The molecule has 4 nitrogen and oxygen atoms in total. The highest BCUT2D eigenvalue weighted by molar-refractivity contribution is 6.29. The molecule has 1 saturated heterocycles. The number of aromatic nitrogens is 1. The van der Waals surface area contributed by atoms with Gasteiger partial charge in [0.05, 0.1) is 11.6 Å². The first-order valence-corrected chi connectivity index (χ1v) is 6.08. The van der Waals surface area contributed by atoms with Gasteiger partial charge in [0, 0.05) is 12.6 Å². The van der Waals surface area contributed by atoms with Crippen molar-refractivity contribution in [3.05, 3.63) is 22.8 Å². The summed E-state index contributed by atoms with van der Waals surface area (Å²) in [6.45, 7) is 2.14. The van der Waals surface area contributed by atoms with E-state index >= 15 is 0 Å². The van der Waals surface area contributed by atoms with E-state index in [1.807, 2.05) is 0 Å². The smallest absolute Gasteiger partial charge is 0.132 e. The first-order chi connectivity index (χ1) is 8.17. The predicted octanol–water partition coefficient (Wildman–Crippen LogP) is 2.11. The number of rotatable bonds is 2. The SMILES string of the molecule is CN1CCCC(Nc2cc(C#N)cc(Cl)n2)C1. The number of anilines is 1. The van der Waals surface area contributed by atoms with E-state index in [4.69, 9.17) is 16.9 Å². The van der Waals surface area contributed by atoms with Crippen LogP contribution in [0.25, 0.3) is 0 Å². The van der Waals surface area contributed by atoms with Crippen LogP contribution in [-0.4, -0.2) is 36.1 Å². The Bertz CT molecular complexity index is 441. The molecule has 1 atom stereocenters. The summed E-state index contributed by atoms with van der Waals surface area (Å²) < 4.78 is 0. The minimum atomic E-state index is 0.357. The third-order valence-electron chi connectivity index (χ3n) is 2.90. The van der Waals surface area contributed by atoms with Gasteiger partial charge in [-0.15, -0.1) is 0 Å². The zero-order chi connectivity index (χ0) is 12.3. The summed E-state index contributed by atoms with van der Waals surface area (Å²) in [5.41, 5.74) is 0.539. The van der Waals surface area contributed by atoms with Crippen molar-refractivity contribution < 1.29 is 0 Å². The molecule has 5 heteroatoms. The van der Waals surface area contributed by atoms with Crippen LogP contribution < -0.4 is 5.32 Å². The molecule has 17 heavy (non-hydrogen) atoms. The van der Waals surface area contributed by atoms with Gasteiger partial charge in [-0.3, -0.25) is 0 Å². The third-order valence-corrected chi connectivity index (χ3v) is 3.09. The molecule has 1 aliphatic heterocycles. The maximum absolute atomic E-state index is 8.86.